The van der Waals surface area contributed by atoms with Gasteiger partial charge in [-0.3, -0.25) is 0 Å². The van der Waals surface area contributed by atoms with Crippen LogP contribution in [0.2, 0.25) is 0 Å². The third-order valence-electron chi connectivity index (χ3n) is 11.6. The second-order valence-corrected chi connectivity index (χ2v) is 15.1. The molecule has 8 aromatic carbocycles. The van der Waals surface area contributed by atoms with Gasteiger partial charge in [-0.1, -0.05) is 146 Å². The summed E-state index contributed by atoms with van der Waals surface area (Å²) in [5.41, 5.74) is 4.90. The van der Waals surface area contributed by atoms with Crippen LogP contribution in [0.15, 0.2) is 186 Å². The molecule has 0 spiro atoms. The number of furan rings is 1. The first kappa shape index (κ1) is 35.0. The fraction of sp³-hybridized carbons (Fsp3) is 0.0192. The van der Waals surface area contributed by atoms with Crippen LogP contribution >= 0.6 is 0 Å². The molecule has 0 unspecified atom stereocenters. The molecule has 0 amide bonds. The van der Waals surface area contributed by atoms with Crippen LogP contribution in [0.1, 0.15) is 5.56 Å². The van der Waals surface area contributed by atoms with Crippen LogP contribution in [0.5, 0.6) is 0 Å². The van der Waals surface area contributed by atoms with E-state index in [1.807, 2.05) is 152 Å². The Balaban J connectivity index is 1.28. The van der Waals surface area contributed by atoms with Crippen molar-refractivity contribution < 1.29 is 17.6 Å². The molecule has 12 aromatic rings. The second kappa shape index (κ2) is 13.2. The summed E-state index contributed by atoms with van der Waals surface area (Å²) >= 11 is 0. The first-order chi connectivity index (χ1) is 29.9. The highest BCUT2D eigenvalue weighted by molar-refractivity contribution is 6.25. The number of alkyl halides is 3. The van der Waals surface area contributed by atoms with E-state index >= 15 is 13.2 Å². The summed E-state index contributed by atoms with van der Waals surface area (Å²) in [7, 11) is 0. The third kappa shape index (κ3) is 5.33. The van der Waals surface area contributed by atoms with Crippen molar-refractivity contribution in [1.29, 1.82) is 0 Å². The van der Waals surface area contributed by atoms with E-state index in [1.165, 1.54) is 6.07 Å². The number of para-hydroxylation sites is 4. The Morgan fingerprint density at radius 1 is 0.443 bits per heavy atom. The molecule has 4 heterocycles. The Hall–Kier alpha value is -8.04. The molecule has 0 radical (unpaired) electrons. The van der Waals surface area contributed by atoms with E-state index < -0.39 is 11.7 Å². The second-order valence-electron chi connectivity index (χ2n) is 15.1. The molecule has 4 aromatic heterocycles. The van der Waals surface area contributed by atoms with Crippen molar-refractivity contribution in [1.82, 2.24) is 24.1 Å². The van der Waals surface area contributed by atoms with Crippen molar-refractivity contribution in [3.8, 4) is 45.5 Å². The Kier molecular flexibility index (Phi) is 7.59. The van der Waals surface area contributed by atoms with Gasteiger partial charge in [-0.15, -0.1) is 0 Å². The van der Waals surface area contributed by atoms with E-state index in [2.05, 4.69) is 22.8 Å². The topological polar surface area (TPSA) is 61.7 Å². The summed E-state index contributed by atoms with van der Waals surface area (Å²) in [6.45, 7) is 0. The molecule has 6 nitrogen and oxygen atoms in total. The summed E-state index contributed by atoms with van der Waals surface area (Å²) in [6, 6.07) is 57.1. The lowest BCUT2D eigenvalue weighted by atomic mass is 9.99. The molecule has 0 saturated heterocycles. The number of fused-ring (bicyclic) bond motifs is 10. The average molecular weight is 798 g/mol. The fourth-order valence-electron chi connectivity index (χ4n) is 9.01. The maximum absolute atomic E-state index is 16.3. The molecule has 0 aliphatic heterocycles. The molecule has 12 rings (SSSR count). The van der Waals surface area contributed by atoms with Gasteiger partial charge in [0.1, 0.15) is 11.3 Å². The van der Waals surface area contributed by atoms with Gasteiger partial charge in [-0.2, -0.15) is 13.2 Å². The highest BCUT2D eigenvalue weighted by Crippen LogP contribution is 2.49. The van der Waals surface area contributed by atoms with Gasteiger partial charge in [0.2, 0.25) is 0 Å². The zero-order chi connectivity index (χ0) is 40.8. The van der Waals surface area contributed by atoms with Crippen molar-refractivity contribution in [2.24, 2.45) is 0 Å². The summed E-state index contributed by atoms with van der Waals surface area (Å²) in [5, 5.41) is 4.61. The predicted octanol–water partition coefficient (Wildman–Crippen LogP) is 14.0. The molecule has 0 bridgehead atoms. The van der Waals surface area contributed by atoms with Gasteiger partial charge < -0.3 is 13.6 Å². The maximum Gasteiger partial charge on any atom is 0.418 e. The SMILES string of the molecule is FC(F)(F)c1cc(-c2nc(-c3ccccc3)nc(-c3ccccc3)n2)c2c(oc3ccccc32)c1-n1c2ccccc2c2ccc3c4ccccc4n(-c4ccccc4)c3c21. The third-order valence-corrected chi connectivity index (χ3v) is 11.6. The molecule has 290 valence electrons. The summed E-state index contributed by atoms with van der Waals surface area (Å²) < 4.78 is 59.6. The number of hydrogen-bond donors (Lipinski definition) is 0. The summed E-state index contributed by atoms with van der Waals surface area (Å²) in [4.78, 5) is 14.7. The van der Waals surface area contributed by atoms with Crippen molar-refractivity contribution in [2.45, 2.75) is 6.18 Å². The lowest BCUT2D eigenvalue weighted by Gasteiger charge is -2.19. The van der Waals surface area contributed by atoms with E-state index in [0.29, 0.717) is 50.2 Å². The lowest BCUT2D eigenvalue weighted by Crippen LogP contribution is -2.12. The molecule has 0 aliphatic carbocycles. The minimum atomic E-state index is -4.85. The van der Waals surface area contributed by atoms with E-state index in [9.17, 15) is 0 Å². The van der Waals surface area contributed by atoms with Gasteiger partial charge >= 0.3 is 6.18 Å². The number of rotatable bonds is 5. The van der Waals surface area contributed by atoms with Crippen LogP contribution in [0.4, 0.5) is 13.2 Å². The highest BCUT2D eigenvalue weighted by Gasteiger charge is 2.39. The normalized spacial score (nSPS) is 12.2. The largest absolute Gasteiger partial charge is 0.454 e. The van der Waals surface area contributed by atoms with E-state index in [-0.39, 0.29) is 22.7 Å². The number of halogens is 3. The Morgan fingerprint density at radius 3 is 1.51 bits per heavy atom. The average Bonchev–Trinajstić information content (AvgIpc) is 3.97. The van der Waals surface area contributed by atoms with Gasteiger partial charge in [0, 0.05) is 54.7 Å². The van der Waals surface area contributed by atoms with E-state index in [0.717, 1.165) is 38.3 Å². The smallest absolute Gasteiger partial charge is 0.418 e. The van der Waals surface area contributed by atoms with E-state index in [4.69, 9.17) is 19.4 Å². The zero-order valence-electron chi connectivity index (χ0n) is 32.1. The number of hydrogen-bond acceptors (Lipinski definition) is 4. The standard InChI is InChI=1S/C52H30F3N5O/c53-52(54,55)40-30-39(51-57-49(31-16-4-1-5-17-31)56-50(58-51)32-18-6-2-7-19-32)44-38-24-12-15-27-43(38)61-48(44)47(40)60-42-26-14-11-23-35(42)37-29-28-36-34-22-10-13-25-41(34)59(45(36)46(37)60)33-20-8-3-9-21-33/h1-30H. The molecule has 9 heteroatoms. The molecule has 0 aliphatic rings. The van der Waals surface area contributed by atoms with Crippen molar-refractivity contribution in [3.63, 3.8) is 0 Å². The molecule has 0 N–H and O–H groups in total. The number of nitrogens with zero attached hydrogens (tertiary/aromatic N) is 5. The van der Waals surface area contributed by atoms with E-state index in [1.54, 1.807) is 10.6 Å². The number of aromatic nitrogens is 5. The van der Waals surface area contributed by atoms with Gasteiger partial charge in [-0.05, 0) is 36.4 Å². The Morgan fingerprint density at radius 2 is 0.918 bits per heavy atom. The van der Waals surface area contributed by atoms with Gasteiger partial charge in [-0.25, -0.2) is 15.0 Å². The zero-order valence-corrected chi connectivity index (χ0v) is 32.1. The fourth-order valence-corrected chi connectivity index (χ4v) is 9.01. The van der Waals surface area contributed by atoms with Crippen molar-refractivity contribution >= 4 is 65.6 Å². The molecular weight excluding hydrogens is 768 g/mol. The molecule has 61 heavy (non-hydrogen) atoms. The predicted molar refractivity (Wildman–Crippen MR) is 237 cm³/mol. The minimum absolute atomic E-state index is 0.0657. The van der Waals surface area contributed by atoms with Gasteiger partial charge in [0.05, 0.1) is 27.6 Å². The van der Waals surface area contributed by atoms with Crippen LogP contribution in [-0.4, -0.2) is 24.1 Å². The molecule has 0 atom stereocenters. The Bertz CT molecular complexity index is 3630. The van der Waals surface area contributed by atoms with Gasteiger partial charge in [0.25, 0.3) is 0 Å². The van der Waals surface area contributed by atoms with Crippen LogP contribution in [0.3, 0.4) is 0 Å². The maximum atomic E-state index is 16.3. The monoisotopic (exact) mass is 797 g/mol. The van der Waals surface area contributed by atoms with Crippen LogP contribution < -0.4 is 0 Å². The van der Waals surface area contributed by atoms with Crippen molar-refractivity contribution in [2.75, 3.05) is 0 Å². The molecule has 0 saturated carbocycles. The molecule has 0 fully saturated rings. The van der Waals surface area contributed by atoms with Crippen LogP contribution in [0, 0.1) is 0 Å². The quantitative estimate of drug-likeness (QED) is 0.174. The van der Waals surface area contributed by atoms with Crippen molar-refractivity contribution in [3.05, 3.63) is 188 Å². The van der Waals surface area contributed by atoms with Crippen LogP contribution in [0.25, 0.3) is 111 Å². The number of benzene rings is 8. The highest BCUT2D eigenvalue weighted by atomic mass is 19.4. The summed E-state index contributed by atoms with van der Waals surface area (Å²) in [6.07, 6.45) is -4.85. The minimum Gasteiger partial charge on any atom is -0.454 e. The van der Waals surface area contributed by atoms with Crippen LogP contribution in [-0.2, 0) is 6.18 Å². The van der Waals surface area contributed by atoms with Gasteiger partial charge in [0.15, 0.2) is 23.1 Å². The molecular formula is C52H30F3N5O. The first-order valence-corrected chi connectivity index (χ1v) is 19.9. The Labute approximate surface area is 345 Å². The lowest BCUT2D eigenvalue weighted by molar-refractivity contribution is -0.137. The summed E-state index contributed by atoms with van der Waals surface area (Å²) in [5.74, 6) is 0.762. The first-order valence-electron chi connectivity index (χ1n) is 19.9.